The minimum Gasteiger partial charge on any atom is -0.491 e. The number of benzene rings is 1. The molecule has 2 unspecified atom stereocenters. The van der Waals surface area contributed by atoms with Gasteiger partial charge in [-0.2, -0.15) is 11.8 Å². The summed E-state index contributed by atoms with van der Waals surface area (Å²) in [4.78, 5) is 0. The van der Waals surface area contributed by atoms with E-state index < -0.39 is 0 Å². The Morgan fingerprint density at radius 3 is 2.24 bits per heavy atom. The summed E-state index contributed by atoms with van der Waals surface area (Å²) in [5.74, 6) is 4.13. The summed E-state index contributed by atoms with van der Waals surface area (Å²) in [5.41, 5.74) is 1.35. The first kappa shape index (κ1) is 18.4. The highest BCUT2D eigenvalue weighted by molar-refractivity contribution is 7.99. The fraction of sp³-hybridized carbons (Fsp3) is 0.667. The molecule has 0 heterocycles. The molecule has 3 heteroatoms. The second kappa shape index (κ2) is 10.1. The van der Waals surface area contributed by atoms with Gasteiger partial charge in [0.15, 0.2) is 0 Å². The lowest BCUT2D eigenvalue weighted by Gasteiger charge is -2.19. The number of ether oxygens (including phenoxy) is 1. The van der Waals surface area contributed by atoms with Gasteiger partial charge >= 0.3 is 0 Å². The lowest BCUT2D eigenvalue weighted by molar-refractivity contribution is 0.242. The van der Waals surface area contributed by atoms with Crippen molar-refractivity contribution in [2.45, 2.75) is 53.2 Å². The van der Waals surface area contributed by atoms with Gasteiger partial charge in [-0.3, -0.25) is 0 Å². The van der Waals surface area contributed by atoms with E-state index in [1.54, 1.807) is 0 Å². The average Bonchev–Trinajstić information content (AvgIpc) is 2.46. The summed E-state index contributed by atoms with van der Waals surface area (Å²) in [7, 11) is 0. The van der Waals surface area contributed by atoms with Gasteiger partial charge in [-0.1, -0.05) is 39.3 Å². The Morgan fingerprint density at radius 2 is 1.71 bits per heavy atom. The maximum absolute atomic E-state index is 5.71. The molecule has 0 aromatic heterocycles. The van der Waals surface area contributed by atoms with E-state index in [-0.39, 0.29) is 6.10 Å². The molecule has 1 aromatic rings. The van der Waals surface area contributed by atoms with Crippen LogP contribution in [0.5, 0.6) is 5.75 Å². The quantitative estimate of drug-likeness (QED) is 0.664. The first-order valence-electron chi connectivity index (χ1n) is 8.14. The van der Waals surface area contributed by atoms with E-state index in [0.29, 0.717) is 6.04 Å². The van der Waals surface area contributed by atoms with E-state index in [2.05, 4.69) is 64.2 Å². The first-order valence-corrected chi connectivity index (χ1v) is 9.30. The van der Waals surface area contributed by atoms with Crippen LogP contribution >= 0.6 is 11.8 Å². The molecule has 0 fully saturated rings. The van der Waals surface area contributed by atoms with Crippen molar-refractivity contribution in [3.05, 3.63) is 29.8 Å². The molecular weight excluding hydrogens is 278 g/mol. The standard InChI is InChI=1S/C18H31NOS/c1-6-15(5)12-21-13-18(19-7-2)16-8-10-17(11-9-16)20-14(3)4/h8-11,14-15,18-19H,6-7,12-13H2,1-5H3. The number of rotatable bonds is 10. The van der Waals surface area contributed by atoms with Crippen molar-refractivity contribution in [2.24, 2.45) is 5.92 Å². The smallest absolute Gasteiger partial charge is 0.119 e. The van der Waals surface area contributed by atoms with Gasteiger partial charge in [-0.05, 0) is 49.8 Å². The normalized spacial score (nSPS) is 14.2. The highest BCUT2D eigenvalue weighted by atomic mass is 32.2. The molecule has 0 saturated carbocycles. The van der Waals surface area contributed by atoms with E-state index >= 15 is 0 Å². The molecule has 0 radical (unpaired) electrons. The molecule has 120 valence electrons. The number of hydrogen-bond donors (Lipinski definition) is 1. The molecule has 1 N–H and O–H groups in total. The van der Waals surface area contributed by atoms with Crippen LogP contribution in [-0.2, 0) is 0 Å². The number of thioether (sulfide) groups is 1. The van der Waals surface area contributed by atoms with E-state index in [4.69, 9.17) is 4.74 Å². The van der Waals surface area contributed by atoms with Gasteiger partial charge < -0.3 is 10.1 Å². The van der Waals surface area contributed by atoms with Crippen molar-refractivity contribution in [1.29, 1.82) is 0 Å². The third-order valence-electron chi connectivity index (χ3n) is 3.49. The van der Waals surface area contributed by atoms with E-state index in [9.17, 15) is 0 Å². The summed E-state index contributed by atoms with van der Waals surface area (Å²) >= 11 is 2.05. The first-order chi connectivity index (χ1) is 10.1. The third kappa shape index (κ3) is 7.23. The molecule has 0 saturated heterocycles. The number of hydrogen-bond acceptors (Lipinski definition) is 3. The maximum Gasteiger partial charge on any atom is 0.119 e. The molecule has 0 amide bonds. The highest BCUT2D eigenvalue weighted by Crippen LogP contribution is 2.23. The molecule has 2 nitrogen and oxygen atoms in total. The molecule has 1 aromatic carbocycles. The SMILES string of the molecule is CCNC(CSCC(C)CC)c1ccc(OC(C)C)cc1. The Labute approximate surface area is 135 Å². The van der Waals surface area contributed by atoms with Gasteiger partial charge in [0.05, 0.1) is 6.10 Å². The van der Waals surface area contributed by atoms with Gasteiger partial charge in [0, 0.05) is 11.8 Å². The Kier molecular flexibility index (Phi) is 8.86. The van der Waals surface area contributed by atoms with Crippen molar-refractivity contribution in [3.63, 3.8) is 0 Å². The molecule has 21 heavy (non-hydrogen) atoms. The van der Waals surface area contributed by atoms with Crippen LogP contribution in [0.25, 0.3) is 0 Å². The van der Waals surface area contributed by atoms with Crippen LogP contribution in [0.1, 0.15) is 52.6 Å². The molecular formula is C18H31NOS. The predicted octanol–water partition coefficient (Wildman–Crippen LogP) is 4.90. The highest BCUT2D eigenvalue weighted by Gasteiger charge is 2.11. The monoisotopic (exact) mass is 309 g/mol. The predicted molar refractivity (Wildman–Crippen MR) is 95.4 cm³/mol. The Balaban J connectivity index is 2.58. The van der Waals surface area contributed by atoms with E-state index in [1.165, 1.54) is 17.7 Å². The van der Waals surface area contributed by atoms with Crippen molar-refractivity contribution >= 4 is 11.8 Å². The van der Waals surface area contributed by atoms with Gasteiger partial charge in [0.25, 0.3) is 0 Å². The molecule has 0 bridgehead atoms. The van der Waals surface area contributed by atoms with Gasteiger partial charge in [0.2, 0.25) is 0 Å². The van der Waals surface area contributed by atoms with Crippen LogP contribution in [0, 0.1) is 5.92 Å². The second-order valence-electron chi connectivity index (χ2n) is 5.90. The largest absolute Gasteiger partial charge is 0.491 e. The topological polar surface area (TPSA) is 21.3 Å². The van der Waals surface area contributed by atoms with Gasteiger partial charge in [0.1, 0.15) is 5.75 Å². The lowest BCUT2D eigenvalue weighted by Crippen LogP contribution is -2.23. The minimum absolute atomic E-state index is 0.228. The number of nitrogens with one attached hydrogen (secondary N) is 1. The Bertz CT molecular complexity index is 377. The Hall–Kier alpha value is -0.670. The molecule has 1 rings (SSSR count). The van der Waals surface area contributed by atoms with Crippen LogP contribution in [0.2, 0.25) is 0 Å². The van der Waals surface area contributed by atoms with E-state index in [0.717, 1.165) is 24.0 Å². The van der Waals surface area contributed by atoms with Crippen LogP contribution in [0.15, 0.2) is 24.3 Å². The summed E-state index contributed by atoms with van der Waals surface area (Å²) in [6.07, 6.45) is 1.49. The summed E-state index contributed by atoms with van der Waals surface area (Å²) in [5, 5.41) is 3.59. The zero-order valence-corrected chi connectivity index (χ0v) is 15.0. The van der Waals surface area contributed by atoms with Crippen LogP contribution in [-0.4, -0.2) is 24.2 Å². The minimum atomic E-state index is 0.228. The molecule has 2 atom stereocenters. The average molecular weight is 310 g/mol. The van der Waals surface area contributed by atoms with Crippen molar-refractivity contribution in [1.82, 2.24) is 5.32 Å². The van der Waals surface area contributed by atoms with Crippen LogP contribution < -0.4 is 10.1 Å². The Morgan fingerprint density at radius 1 is 1.05 bits per heavy atom. The fourth-order valence-electron chi connectivity index (χ4n) is 2.08. The van der Waals surface area contributed by atoms with E-state index in [1.807, 2.05) is 11.8 Å². The summed E-state index contributed by atoms with van der Waals surface area (Å²) < 4.78 is 5.71. The molecule has 0 aliphatic heterocycles. The fourth-order valence-corrected chi connectivity index (χ4v) is 3.40. The summed E-state index contributed by atoms with van der Waals surface area (Å²) in [6.45, 7) is 11.9. The van der Waals surface area contributed by atoms with Crippen molar-refractivity contribution < 1.29 is 4.74 Å². The zero-order chi connectivity index (χ0) is 15.7. The zero-order valence-electron chi connectivity index (χ0n) is 14.2. The third-order valence-corrected chi connectivity index (χ3v) is 4.86. The van der Waals surface area contributed by atoms with Crippen molar-refractivity contribution in [2.75, 3.05) is 18.1 Å². The lowest BCUT2D eigenvalue weighted by atomic mass is 10.1. The van der Waals surface area contributed by atoms with Crippen molar-refractivity contribution in [3.8, 4) is 5.75 Å². The van der Waals surface area contributed by atoms with Crippen LogP contribution in [0.3, 0.4) is 0 Å². The maximum atomic E-state index is 5.71. The summed E-state index contributed by atoms with van der Waals surface area (Å²) in [6, 6.07) is 8.97. The van der Waals surface area contributed by atoms with Gasteiger partial charge in [-0.25, -0.2) is 0 Å². The van der Waals surface area contributed by atoms with Gasteiger partial charge in [-0.15, -0.1) is 0 Å². The van der Waals surface area contributed by atoms with Crippen LogP contribution in [0.4, 0.5) is 0 Å². The molecule has 0 aliphatic carbocycles. The molecule has 0 spiro atoms. The molecule has 0 aliphatic rings. The second-order valence-corrected chi connectivity index (χ2v) is 6.97.